The topological polar surface area (TPSA) is 69.2 Å². The standard InChI is InChI=1S/C24H39N5O2/c1-19(2)27-23(30)18-28-13-15-29(16-14-28)24(25-3)26-12-7-17-31-22-11-6-9-20-8-4-5-10-21(20)22/h4-5,8,10,19,22H,6-7,9,11-18H2,1-3H3,(H,25,26)(H,27,30). The van der Waals surface area contributed by atoms with Crippen LogP contribution in [0.25, 0.3) is 0 Å². The molecule has 3 rings (SSSR count). The summed E-state index contributed by atoms with van der Waals surface area (Å²) in [7, 11) is 1.83. The van der Waals surface area contributed by atoms with E-state index in [9.17, 15) is 4.79 Å². The zero-order valence-corrected chi connectivity index (χ0v) is 19.4. The van der Waals surface area contributed by atoms with Crippen molar-refractivity contribution in [2.24, 2.45) is 4.99 Å². The average molecular weight is 430 g/mol. The first kappa shape index (κ1) is 23.5. The molecule has 0 bridgehead atoms. The molecule has 1 atom stereocenters. The number of fused-ring (bicyclic) bond motifs is 1. The lowest BCUT2D eigenvalue weighted by Crippen LogP contribution is -2.54. The van der Waals surface area contributed by atoms with Crippen LogP contribution in [0.15, 0.2) is 29.3 Å². The maximum absolute atomic E-state index is 12.0. The minimum Gasteiger partial charge on any atom is -0.373 e. The van der Waals surface area contributed by atoms with Crippen molar-refractivity contribution in [1.29, 1.82) is 0 Å². The number of carbonyl (C=O) groups excluding carboxylic acids is 1. The summed E-state index contributed by atoms with van der Waals surface area (Å²) in [5.41, 5.74) is 2.82. The number of guanidine groups is 1. The number of nitrogens with zero attached hydrogens (tertiary/aromatic N) is 3. The summed E-state index contributed by atoms with van der Waals surface area (Å²) < 4.78 is 6.21. The molecule has 0 saturated carbocycles. The summed E-state index contributed by atoms with van der Waals surface area (Å²) in [5.74, 6) is 1.04. The largest absolute Gasteiger partial charge is 0.373 e. The monoisotopic (exact) mass is 429 g/mol. The highest BCUT2D eigenvalue weighted by molar-refractivity contribution is 5.80. The molecule has 0 spiro atoms. The molecule has 172 valence electrons. The second-order valence-electron chi connectivity index (χ2n) is 8.76. The number of rotatable bonds is 8. The van der Waals surface area contributed by atoms with Crippen molar-refractivity contribution >= 4 is 11.9 Å². The lowest BCUT2D eigenvalue weighted by atomic mass is 9.89. The number of amides is 1. The van der Waals surface area contributed by atoms with Crippen LogP contribution in [0.1, 0.15) is 50.3 Å². The third-order valence-corrected chi connectivity index (χ3v) is 5.94. The van der Waals surface area contributed by atoms with Crippen LogP contribution in [0, 0.1) is 0 Å². The van der Waals surface area contributed by atoms with Gasteiger partial charge in [-0.3, -0.25) is 14.7 Å². The van der Waals surface area contributed by atoms with Crippen LogP contribution in [-0.4, -0.2) is 80.6 Å². The quantitative estimate of drug-likeness (QED) is 0.377. The fourth-order valence-electron chi connectivity index (χ4n) is 4.40. The van der Waals surface area contributed by atoms with Crippen molar-refractivity contribution in [3.8, 4) is 0 Å². The molecule has 1 unspecified atom stereocenters. The molecule has 0 aromatic heterocycles. The normalized spacial score (nSPS) is 19.9. The van der Waals surface area contributed by atoms with E-state index < -0.39 is 0 Å². The van der Waals surface area contributed by atoms with Gasteiger partial charge in [0.2, 0.25) is 5.91 Å². The highest BCUT2D eigenvalue weighted by Gasteiger charge is 2.22. The Morgan fingerprint density at radius 2 is 2.00 bits per heavy atom. The predicted molar refractivity (Wildman–Crippen MR) is 125 cm³/mol. The maximum atomic E-state index is 12.0. The first-order valence-electron chi connectivity index (χ1n) is 11.7. The summed E-state index contributed by atoms with van der Waals surface area (Å²) in [4.78, 5) is 20.9. The molecular weight excluding hydrogens is 390 g/mol. The van der Waals surface area contributed by atoms with Crippen molar-refractivity contribution in [3.05, 3.63) is 35.4 Å². The molecule has 2 N–H and O–H groups in total. The van der Waals surface area contributed by atoms with Gasteiger partial charge in [0.05, 0.1) is 12.6 Å². The number of benzene rings is 1. The van der Waals surface area contributed by atoms with E-state index in [0.717, 1.165) is 58.1 Å². The van der Waals surface area contributed by atoms with Gasteiger partial charge in [0, 0.05) is 52.4 Å². The molecule has 1 aromatic carbocycles. The molecule has 7 nitrogen and oxygen atoms in total. The lowest BCUT2D eigenvalue weighted by Gasteiger charge is -2.36. The van der Waals surface area contributed by atoms with E-state index in [2.05, 4.69) is 49.7 Å². The molecule has 1 saturated heterocycles. The van der Waals surface area contributed by atoms with Crippen LogP contribution < -0.4 is 10.6 Å². The number of hydrogen-bond donors (Lipinski definition) is 2. The zero-order chi connectivity index (χ0) is 22.1. The Bertz CT molecular complexity index is 728. The molecule has 31 heavy (non-hydrogen) atoms. The lowest BCUT2D eigenvalue weighted by molar-refractivity contribution is -0.123. The molecule has 0 radical (unpaired) electrons. The van der Waals surface area contributed by atoms with Gasteiger partial charge in [-0.2, -0.15) is 0 Å². The van der Waals surface area contributed by atoms with Crippen molar-refractivity contribution in [3.63, 3.8) is 0 Å². The van der Waals surface area contributed by atoms with E-state index in [4.69, 9.17) is 4.74 Å². The van der Waals surface area contributed by atoms with Gasteiger partial charge in [-0.15, -0.1) is 0 Å². The molecule has 1 fully saturated rings. The molecule has 1 heterocycles. The van der Waals surface area contributed by atoms with Crippen LogP contribution in [0.2, 0.25) is 0 Å². The van der Waals surface area contributed by atoms with Crippen LogP contribution in [-0.2, 0) is 16.0 Å². The van der Waals surface area contributed by atoms with Gasteiger partial charge < -0.3 is 20.3 Å². The number of nitrogens with one attached hydrogen (secondary N) is 2. The smallest absolute Gasteiger partial charge is 0.234 e. The molecule has 1 aliphatic carbocycles. The molecule has 2 aliphatic rings. The van der Waals surface area contributed by atoms with Crippen LogP contribution in [0.4, 0.5) is 0 Å². The highest BCUT2D eigenvalue weighted by atomic mass is 16.5. The van der Waals surface area contributed by atoms with E-state index in [0.29, 0.717) is 6.54 Å². The number of hydrogen-bond acceptors (Lipinski definition) is 4. The summed E-state index contributed by atoms with van der Waals surface area (Å²) in [6, 6.07) is 8.87. The molecule has 7 heteroatoms. The number of ether oxygens (including phenoxy) is 1. The van der Waals surface area contributed by atoms with Gasteiger partial charge >= 0.3 is 0 Å². The van der Waals surface area contributed by atoms with E-state index >= 15 is 0 Å². The Morgan fingerprint density at radius 3 is 2.74 bits per heavy atom. The minimum absolute atomic E-state index is 0.103. The van der Waals surface area contributed by atoms with Gasteiger partial charge in [-0.25, -0.2) is 0 Å². The van der Waals surface area contributed by atoms with E-state index in [-0.39, 0.29) is 18.1 Å². The van der Waals surface area contributed by atoms with Crippen molar-refractivity contribution in [2.45, 2.75) is 51.7 Å². The average Bonchev–Trinajstić information content (AvgIpc) is 2.76. The van der Waals surface area contributed by atoms with Gasteiger partial charge in [-0.05, 0) is 50.7 Å². The third-order valence-electron chi connectivity index (χ3n) is 5.94. The Kier molecular flexibility index (Phi) is 9.15. The Hall–Kier alpha value is -2.12. The Balaban J connectivity index is 1.33. The second-order valence-corrected chi connectivity index (χ2v) is 8.76. The molecular formula is C24H39N5O2. The zero-order valence-electron chi connectivity index (χ0n) is 19.4. The first-order valence-corrected chi connectivity index (χ1v) is 11.7. The van der Waals surface area contributed by atoms with Gasteiger partial charge in [0.15, 0.2) is 5.96 Å². The van der Waals surface area contributed by atoms with E-state index in [1.54, 1.807) is 0 Å². The van der Waals surface area contributed by atoms with Crippen molar-refractivity contribution < 1.29 is 9.53 Å². The number of piperazine rings is 1. The summed E-state index contributed by atoms with van der Waals surface area (Å²) >= 11 is 0. The Labute approximate surface area is 187 Å². The second kappa shape index (κ2) is 12.1. The Morgan fingerprint density at radius 1 is 1.23 bits per heavy atom. The predicted octanol–water partition coefficient (Wildman–Crippen LogP) is 2.19. The molecule has 1 aliphatic heterocycles. The number of aryl methyl sites for hydroxylation is 1. The van der Waals surface area contributed by atoms with Gasteiger partial charge in [0.25, 0.3) is 0 Å². The third kappa shape index (κ3) is 7.21. The fourth-order valence-corrected chi connectivity index (χ4v) is 4.40. The van der Waals surface area contributed by atoms with Crippen molar-refractivity contribution in [2.75, 3.05) is 52.9 Å². The SMILES string of the molecule is CN=C(NCCCOC1CCCc2ccccc21)N1CCN(CC(=O)NC(C)C)CC1. The van der Waals surface area contributed by atoms with Crippen LogP contribution >= 0.6 is 0 Å². The first-order chi connectivity index (χ1) is 15.1. The van der Waals surface area contributed by atoms with Crippen LogP contribution in [0.5, 0.6) is 0 Å². The maximum Gasteiger partial charge on any atom is 0.234 e. The molecule has 1 amide bonds. The van der Waals surface area contributed by atoms with E-state index in [1.807, 2.05) is 20.9 Å². The van der Waals surface area contributed by atoms with Crippen LogP contribution in [0.3, 0.4) is 0 Å². The molecule has 1 aromatic rings. The number of aliphatic imine (C=N–C) groups is 1. The minimum atomic E-state index is 0.103. The van der Waals surface area contributed by atoms with Gasteiger partial charge in [0.1, 0.15) is 0 Å². The number of carbonyl (C=O) groups is 1. The fraction of sp³-hybridized carbons (Fsp3) is 0.667. The van der Waals surface area contributed by atoms with Gasteiger partial charge in [-0.1, -0.05) is 24.3 Å². The highest BCUT2D eigenvalue weighted by Crippen LogP contribution is 2.32. The summed E-state index contributed by atoms with van der Waals surface area (Å²) in [5, 5.41) is 6.44. The van der Waals surface area contributed by atoms with Crippen molar-refractivity contribution in [1.82, 2.24) is 20.4 Å². The summed E-state index contributed by atoms with van der Waals surface area (Å²) in [6.45, 7) is 9.55. The summed E-state index contributed by atoms with van der Waals surface area (Å²) in [6.07, 6.45) is 4.69. The van der Waals surface area contributed by atoms with E-state index in [1.165, 1.54) is 24.0 Å².